The Labute approximate surface area is 176 Å². The lowest BCUT2D eigenvalue weighted by molar-refractivity contribution is -0.123. The predicted molar refractivity (Wildman–Crippen MR) is 117 cm³/mol. The summed E-state index contributed by atoms with van der Waals surface area (Å²) < 4.78 is 11.1. The number of benzene rings is 3. The average Bonchev–Trinajstić information content (AvgIpc) is 2.75. The highest BCUT2D eigenvalue weighted by Crippen LogP contribution is 2.20. The summed E-state index contributed by atoms with van der Waals surface area (Å²) in [7, 11) is 0. The number of nitrogens with one attached hydrogen (secondary N) is 1. The third kappa shape index (κ3) is 5.47. The predicted octanol–water partition coefficient (Wildman–Crippen LogP) is 5.07. The molecule has 0 aliphatic heterocycles. The van der Waals surface area contributed by atoms with Crippen LogP contribution in [0.4, 0.5) is 5.69 Å². The quantitative estimate of drug-likeness (QED) is 0.560. The number of para-hydroxylation sites is 1. The summed E-state index contributed by atoms with van der Waals surface area (Å²) in [5.41, 5.74) is 3.99. The van der Waals surface area contributed by atoms with E-state index in [2.05, 4.69) is 5.32 Å². The zero-order valence-corrected chi connectivity index (χ0v) is 17.3. The van der Waals surface area contributed by atoms with Crippen LogP contribution in [-0.2, 0) is 16.1 Å². The maximum absolute atomic E-state index is 12.5. The van der Waals surface area contributed by atoms with Crippen molar-refractivity contribution in [3.63, 3.8) is 0 Å². The van der Waals surface area contributed by atoms with Crippen molar-refractivity contribution in [3.05, 3.63) is 95.1 Å². The monoisotopic (exact) mass is 403 g/mol. The first-order chi connectivity index (χ1) is 14.4. The fraction of sp³-hybridized carbons (Fsp3) is 0.200. The first-order valence-electron chi connectivity index (χ1n) is 9.79. The largest absolute Gasteiger partial charge is 0.489 e. The van der Waals surface area contributed by atoms with Gasteiger partial charge in [-0.05, 0) is 55.7 Å². The molecule has 154 valence electrons. The van der Waals surface area contributed by atoms with Crippen molar-refractivity contribution >= 4 is 17.6 Å². The number of ether oxygens (including phenoxy) is 2. The minimum Gasteiger partial charge on any atom is -0.489 e. The van der Waals surface area contributed by atoms with Crippen molar-refractivity contribution in [1.29, 1.82) is 0 Å². The highest BCUT2D eigenvalue weighted by molar-refractivity contribution is 5.98. The third-order valence-corrected chi connectivity index (χ3v) is 4.70. The van der Waals surface area contributed by atoms with Crippen LogP contribution in [0.25, 0.3) is 0 Å². The molecule has 0 aliphatic rings. The molecule has 0 aliphatic carbocycles. The number of aryl methyl sites for hydroxylation is 2. The molecule has 0 heterocycles. The second kappa shape index (κ2) is 9.74. The summed E-state index contributed by atoms with van der Waals surface area (Å²) >= 11 is 0. The van der Waals surface area contributed by atoms with Gasteiger partial charge in [-0.25, -0.2) is 4.79 Å². The van der Waals surface area contributed by atoms with Gasteiger partial charge in [0, 0.05) is 5.69 Å². The third-order valence-electron chi connectivity index (χ3n) is 4.70. The molecule has 0 saturated carbocycles. The van der Waals surface area contributed by atoms with Gasteiger partial charge in [-0.15, -0.1) is 0 Å². The summed E-state index contributed by atoms with van der Waals surface area (Å²) in [5, 5.41) is 2.84. The van der Waals surface area contributed by atoms with E-state index < -0.39 is 12.1 Å². The highest BCUT2D eigenvalue weighted by Gasteiger charge is 2.20. The van der Waals surface area contributed by atoms with Gasteiger partial charge in [-0.2, -0.15) is 0 Å². The summed E-state index contributed by atoms with van der Waals surface area (Å²) in [6, 6.07) is 22.3. The zero-order chi connectivity index (χ0) is 21.5. The van der Waals surface area contributed by atoms with Gasteiger partial charge in [0.15, 0.2) is 6.10 Å². The van der Waals surface area contributed by atoms with Gasteiger partial charge in [-0.1, -0.05) is 54.6 Å². The topological polar surface area (TPSA) is 64.6 Å². The second-order valence-corrected chi connectivity index (χ2v) is 7.11. The maximum Gasteiger partial charge on any atom is 0.339 e. The van der Waals surface area contributed by atoms with Crippen LogP contribution in [0, 0.1) is 13.8 Å². The summed E-state index contributed by atoms with van der Waals surface area (Å²) in [6.07, 6.45) is -0.939. The van der Waals surface area contributed by atoms with Crippen molar-refractivity contribution < 1.29 is 19.1 Å². The van der Waals surface area contributed by atoms with Crippen LogP contribution in [0.2, 0.25) is 0 Å². The van der Waals surface area contributed by atoms with Crippen molar-refractivity contribution in [2.45, 2.75) is 33.5 Å². The fourth-order valence-electron chi connectivity index (χ4n) is 2.97. The average molecular weight is 403 g/mol. The maximum atomic E-state index is 12.5. The molecule has 5 nitrogen and oxygen atoms in total. The van der Waals surface area contributed by atoms with Gasteiger partial charge < -0.3 is 14.8 Å². The van der Waals surface area contributed by atoms with E-state index in [-0.39, 0.29) is 5.91 Å². The van der Waals surface area contributed by atoms with Crippen LogP contribution in [0.1, 0.15) is 34.0 Å². The molecule has 0 saturated heterocycles. The Balaban J connectivity index is 1.60. The van der Waals surface area contributed by atoms with Crippen molar-refractivity contribution in [1.82, 2.24) is 0 Å². The summed E-state index contributed by atoms with van der Waals surface area (Å²) in [6.45, 7) is 5.78. The number of anilines is 1. The zero-order valence-electron chi connectivity index (χ0n) is 17.3. The number of rotatable bonds is 7. The van der Waals surface area contributed by atoms with E-state index in [1.54, 1.807) is 31.2 Å². The molecular weight excluding hydrogens is 378 g/mol. The van der Waals surface area contributed by atoms with Gasteiger partial charge in [0.05, 0.1) is 5.56 Å². The van der Waals surface area contributed by atoms with E-state index in [0.717, 1.165) is 22.4 Å². The van der Waals surface area contributed by atoms with Crippen LogP contribution in [-0.4, -0.2) is 18.0 Å². The molecule has 3 rings (SSSR count). The van der Waals surface area contributed by atoms with E-state index in [4.69, 9.17) is 9.47 Å². The Morgan fingerprint density at radius 1 is 0.900 bits per heavy atom. The van der Waals surface area contributed by atoms with E-state index in [9.17, 15) is 9.59 Å². The smallest absolute Gasteiger partial charge is 0.339 e. The lowest BCUT2D eigenvalue weighted by atomic mass is 10.1. The van der Waals surface area contributed by atoms with Crippen LogP contribution >= 0.6 is 0 Å². The highest BCUT2D eigenvalue weighted by atomic mass is 16.5. The Kier molecular flexibility index (Phi) is 6.86. The normalized spacial score (nSPS) is 11.4. The molecular formula is C25H25NO4. The van der Waals surface area contributed by atoms with Gasteiger partial charge in [0.25, 0.3) is 5.91 Å². The van der Waals surface area contributed by atoms with Crippen LogP contribution in [0.3, 0.4) is 0 Å². The number of hydrogen-bond acceptors (Lipinski definition) is 4. The van der Waals surface area contributed by atoms with Crippen molar-refractivity contribution in [3.8, 4) is 5.75 Å². The molecule has 0 fully saturated rings. The molecule has 0 radical (unpaired) electrons. The minimum absolute atomic E-state index is 0.326. The number of hydrogen-bond donors (Lipinski definition) is 1. The second-order valence-electron chi connectivity index (χ2n) is 7.11. The molecule has 0 aromatic heterocycles. The van der Waals surface area contributed by atoms with E-state index in [0.29, 0.717) is 17.9 Å². The van der Waals surface area contributed by atoms with Crippen molar-refractivity contribution in [2.24, 2.45) is 0 Å². The number of carbonyl (C=O) groups excluding carboxylic acids is 2. The Morgan fingerprint density at radius 2 is 1.57 bits per heavy atom. The molecule has 30 heavy (non-hydrogen) atoms. The molecule has 1 N–H and O–H groups in total. The standard InChI is InChI=1S/C25H25NO4/c1-17-9-7-10-18(2)23(17)26-24(27)19(3)30-25(28)21-13-8-14-22(15-21)29-16-20-11-5-4-6-12-20/h4-15,19H,16H2,1-3H3,(H,26,27). The molecule has 3 aromatic carbocycles. The van der Waals surface area contributed by atoms with Crippen LogP contribution < -0.4 is 10.1 Å². The molecule has 0 bridgehead atoms. The van der Waals surface area contributed by atoms with Crippen LogP contribution in [0.15, 0.2) is 72.8 Å². The fourth-order valence-corrected chi connectivity index (χ4v) is 2.97. The van der Waals surface area contributed by atoms with Gasteiger partial charge in [0.1, 0.15) is 12.4 Å². The summed E-state index contributed by atoms with van der Waals surface area (Å²) in [4.78, 5) is 25.0. The molecule has 1 unspecified atom stereocenters. The number of carbonyl (C=O) groups is 2. The SMILES string of the molecule is Cc1cccc(C)c1NC(=O)C(C)OC(=O)c1cccc(OCc2ccccc2)c1. The van der Waals surface area contributed by atoms with Gasteiger partial charge >= 0.3 is 5.97 Å². The van der Waals surface area contributed by atoms with E-state index >= 15 is 0 Å². The lowest BCUT2D eigenvalue weighted by Crippen LogP contribution is -2.30. The molecule has 5 heteroatoms. The minimum atomic E-state index is -0.939. The van der Waals surface area contributed by atoms with Crippen LogP contribution in [0.5, 0.6) is 5.75 Å². The first-order valence-corrected chi connectivity index (χ1v) is 9.79. The molecule has 1 amide bonds. The number of amides is 1. The molecule has 1 atom stereocenters. The molecule has 3 aromatic rings. The van der Waals surface area contributed by atoms with E-state index in [1.165, 1.54) is 0 Å². The Hall–Kier alpha value is -3.60. The van der Waals surface area contributed by atoms with Gasteiger partial charge in [0.2, 0.25) is 0 Å². The lowest BCUT2D eigenvalue weighted by Gasteiger charge is -2.16. The summed E-state index contributed by atoms with van der Waals surface area (Å²) in [5.74, 6) is -0.400. The number of esters is 1. The van der Waals surface area contributed by atoms with Crippen molar-refractivity contribution in [2.75, 3.05) is 5.32 Å². The Morgan fingerprint density at radius 3 is 2.27 bits per heavy atom. The first kappa shape index (κ1) is 21.1. The van der Waals surface area contributed by atoms with E-state index in [1.807, 2.05) is 62.4 Å². The van der Waals surface area contributed by atoms with Gasteiger partial charge in [-0.3, -0.25) is 4.79 Å². The Bertz CT molecular complexity index is 1010. The molecule has 0 spiro atoms.